The van der Waals surface area contributed by atoms with E-state index in [0.717, 1.165) is 54.2 Å². The van der Waals surface area contributed by atoms with Gasteiger partial charge in [-0.3, -0.25) is 9.80 Å². The molecule has 0 bridgehead atoms. The Balaban J connectivity index is 1.51. The minimum Gasteiger partial charge on any atom is -0.361 e. The zero-order valence-electron chi connectivity index (χ0n) is 12.6. The van der Waals surface area contributed by atoms with Crippen molar-refractivity contribution in [1.82, 2.24) is 15.0 Å². The van der Waals surface area contributed by atoms with Crippen molar-refractivity contribution in [3.8, 4) is 0 Å². The second-order valence-corrected chi connectivity index (χ2v) is 6.63. The average molecular weight is 368 g/mol. The lowest BCUT2D eigenvalue weighted by Gasteiger charge is -2.34. The number of halogens is 2. The summed E-state index contributed by atoms with van der Waals surface area (Å²) >= 11 is 3.29. The fourth-order valence-electron chi connectivity index (χ4n) is 2.72. The molecular formula is C16H19BrFN3O. The van der Waals surface area contributed by atoms with Crippen molar-refractivity contribution in [1.29, 1.82) is 0 Å². The number of hydrogen-bond donors (Lipinski definition) is 0. The number of rotatable bonds is 4. The van der Waals surface area contributed by atoms with Crippen LogP contribution in [0.4, 0.5) is 4.39 Å². The number of aryl methyl sites for hydroxylation is 1. The van der Waals surface area contributed by atoms with Crippen molar-refractivity contribution >= 4 is 15.9 Å². The molecule has 0 radical (unpaired) electrons. The molecule has 22 heavy (non-hydrogen) atoms. The normalized spacial score (nSPS) is 17.0. The van der Waals surface area contributed by atoms with E-state index in [1.807, 2.05) is 25.1 Å². The highest BCUT2D eigenvalue weighted by atomic mass is 79.9. The Morgan fingerprint density at radius 1 is 1.14 bits per heavy atom. The summed E-state index contributed by atoms with van der Waals surface area (Å²) in [6, 6.07) is 7.24. The zero-order chi connectivity index (χ0) is 15.5. The highest BCUT2D eigenvalue weighted by Crippen LogP contribution is 2.18. The van der Waals surface area contributed by atoms with Gasteiger partial charge < -0.3 is 4.52 Å². The topological polar surface area (TPSA) is 32.5 Å². The molecule has 0 spiro atoms. The molecule has 1 aromatic heterocycles. The van der Waals surface area contributed by atoms with Crippen LogP contribution < -0.4 is 0 Å². The molecule has 3 rings (SSSR count). The summed E-state index contributed by atoms with van der Waals surface area (Å²) in [5.41, 5.74) is 1.73. The number of piperazine rings is 1. The smallest absolute Gasteiger partial charge is 0.133 e. The maximum Gasteiger partial charge on any atom is 0.133 e. The van der Waals surface area contributed by atoms with Crippen LogP contribution in [0.1, 0.15) is 17.0 Å². The SMILES string of the molecule is Cc1cc(CN2CCN(Cc3ccc(Br)cc3F)CC2)no1. The molecule has 0 saturated carbocycles. The zero-order valence-corrected chi connectivity index (χ0v) is 14.1. The van der Waals surface area contributed by atoms with Gasteiger partial charge in [-0.1, -0.05) is 27.2 Å². The molecule has 0 amide bonds. The predicted octanol–water partition coefficient (Wildman–Crippen LogP) is 3.20. The summed E-state index contributed by atoms with van der Waals surface area (Å²) in [5, 5.41) is 4.03. The van der Waals surface area contributed by atoms with Crippen LogP contribution >= 0.6 is 15.9 Å². The summed E-state index contributed by atoms with van der Waals surface area (Å²) in [6.07, 6.45) is 0. The van der Waals surface area contributed by atoms with Crippen LogP contribution in [-0.2, 0) is 13.1 Å². The van der Waals surface area contributed by atoms with Gasteiger partial charge in [-0.25, -0.2) is 4.39 Å². The van der Waals surface area contributed by atoms with Gasteiger partial charge in [0.05, 0.1) is 5.69 Å². The molecule has 0 atom stereocenters. The highest BCUT2D eigenvalue weighted by molar-refractivity contribution is 9.10. The molecule has 1 saturated heterocycles. The van der Waals surface area contributed by atoms with Gasteiger partial charge in [0.2, 0.25) is 0 Å². The summed E-state index contributed by atoms with van der Waals surface area (Å²) in [6.45, 7) is 7.18. The third-order valence-corrected chi connectivity index (χ3v) is 4.43. The van der Waals surface area contributed by atoms with Gasteiger partial charge in [-0.2, -0.15) is 0 Å². The van der Waals surface area contributed by atoms with Gasteiger partial charge in [0.15, 0.2) is 0 Å². The van der Waals surface area contributed by atoms with Gasteiger partial charge in [0.25, 0.3) is 0 Å². The molecule has 0 N–H and O–H groups in total. The molecule has 6 heteroatoms. The van der Waals surface area contributed by atoms with Gasteiger partial charge in [-0.05, 0) is 19.1 Å². The molecule has 1 aromatic carbocycles. The van der Waals surface area contributed by atoms with Gasteiger partial charge in [0, 0.05) is 55.4 Å². The van der Waals surface area contributed by atoms with E-state index in [1.165, 1.54) is 6.07 Å². The Hall–Kier alpha value is -1.24. The fourth-order valence-corrected chi connectivity index (χ4v) is 3.05. The Labute approximate surface area is 138 Å². The molecule has 1 aliphatic rings. The van der Waals surface area contributed by atoms with Crippen LogP contribution in [-0.4, -0.2) is 41.1 Å². The number of aromatic nitrogens is 1. The van der Waals surface area contributed by atoms with Crippen molar-refractivity contribution < 1.29 is 8.91 Å². The lowest BCUT2D eigenvalue weighted by Crippen LogP contribution is -2.45. The Morgan fingerprint density at radius 3 is 2.41 bits per heavy atom. The van der Waals surface area contributed by atoms with E-state index in [2.05, 4.69) is 30.9 Å². The monoisotopic (exact) mass is 367 g/mol. The summed E-state index contributed by atoms with van der Waals surface area (Å²) < 4.78 is 19.8. The van der Waals surface area contributed by atoms with Crippen molar-refractivity contribution in [2.24, 2.45) is 0 Å². The highest BCUT2D eigenvalue weighted by Gasteiger charge is 2.19. The Bertz CT molecular complexity index is 638. The first-order valence-corrected chi connectivity index (χ1v) is 8.20. The van der Waals surface area contributed by atoms with Crippen LogP contribution in [0.5, 0.6) is 0 Å². The largest absolute Gasteiger partial charge is 0.361 e. The molecular weight excluding hydrogens is 349 g/mol. The number of hydrogen-bond acceptors (Lipinski definition) is 4. The van der Waals surface area contributed by atoms with E-state index in [9.17, 15) is 4.39 Å². The number of benzene rings is 1. The van der Waals surface area contributed by atoms with E-state index in [0.29, 0.717) is 6.54 Å². The predicted molar refractivity (Wildman–Crippen MR) is 85.9 cm³/mol. The van der Waals surface area contributed by atoms with E-state index in [-0.39, 0.29) is 5.82 Å². The lowest BCUT2D eigenvalue weighted by atomic mass is 10.2. The maximum atomic E-state index is 13.9. The molecule has 2 aromatic rings. The molecule has 4 nitrogen and oxygen atoms in total. The summed E-state index contributed by atoms with van der Waals surface area (Å²) in [4.78, 5) is 4.64. The van der Waals surface area contributed by atoms with Crippen molar-refractivity contribution in [2.75, 3.05) is 26.2 Å². The molecule has 2 heterocycles. The number of nitrogens with zero attached hydrogens (tertiary/aromatic N) is 3. The van der Waals surface area contributed by atoms with Crippen LogP contribution in [0.3, 0.4) is 0 Å². The van der Waals surface area contributed by atoms with Gasteiger partial charge in [-0.15, -0.1) is 0 Å². The van der Waals surface area contributed by atoms with Crippen LogP contribution in [0, 0.1) is 12.7 Å². The minimum atomic E-state index is -0.144. The molecule has 0 aliphatic carbocycles. The van der Waals surface area contributed by atoms with Crippen LogP contribution in [0.25, 0.3) is 0 Å². The third kappa shape index (κ3) is 3.94. The Kier molecular flexibility index (Phi) is 4.90. The third-order valence-electron chi connectivity index (χ3n) is 3.94. The Morgan fingerprint density at radius 2 is 1.82 bits per heavy atom. The first-order valence-electron chi connectivity index (χ1n) is 7.41. The first-order chi connectivity index (χ1) is 10.6. The second kappa shape index (κ2) is 6.89. The standard InChI is InChI=1S/C16H19BrFN3O/c1-12-8-15(19-22-12)11-21-6-4-20(5-7-21)10-13-2-3-14(17)9-16(13)18/h2-3,8-9H,4-7,10-11H2,1H3. The quantitative estimate of drug-likeness (QED) is 0.830. The van der Waals surface area contributed by atoms with Crippen molar-refractivity contribution in [3.05, 3.63) is 51.6 Å². The van der Waals surface area contributed by atoms with Crippen molar-refractivity contribution in [2.45, 2.75) is 20.0 Å². The van der Waals surface area contributed by atoms with Crippen LogP contribution in [0.2, 0.25) is 0 Å². The molecule has 1 fully saturated rings. The summed E-state index contributed by atoms with van der Waals surface area (Å²) in [7, 11) is 0. The molecule has 0 unspecified atom stereocenters. The van der Waals surface area contributed by atoms with Gasteiger partial charge >= 0.3 is 0 Å². The van der Waals surface area contributed by atoms with E-state index >= 15 is 0 Å². The van der Waals surface area contributed by atoms with E-state index in [1.54, 1.807) is 0 Å². The first kappa shape index (κ1) is 15.6. The lowest BCUT2D eigenvalue weighted by molar-refractivity contribution is 0.119. The van der Waals surface area contributed by atoms with E-state index < -0.39 is 0 Å². The fraction of sp³-hybridized carbons (Fsp3) is 0.438. The average Bonchev–Trinajstić information content (AvgIpc) is 2.89. The second-order valence-electron chi connectivity index (χ2n) is 5.72. The molecule has 1 aliphatic heterocycles. The van der Waals surface area contributed by atoms with Gasteiger partial charge in [0.1, 0.15) is 11.6 Å². The van der Waals surface area contributed by atoms with Crippen molar-refractivity contribution in [3.63, 3.8) is 0 Å². The molecule has 118 valence electrons. The minimum absolute atomic E-state index is 0.144. The maximum absolute atomic E-state index is 13.9. The van der Waals surface area contributed by atoms with Crippen LogP contribution in [0.15, 0.2) is 33.3 Å². The summed E-state index contributed by atoms with van der Waals surface area (Å²) in [5.74, 6) is 0.703. The van der Waals surface area contributed by atoms with E-state index in [4.69, 9.17) is 4.52 Å².